The maximum Gasteiger partial charge on any atom is 0.194 e. The summed E-state index contributed by atoms with van der Waals surface area (Å²) in [5, 5.41) is 0. The second kappa shape index (κ2) is 4.39. The Kier molecular flexibility index (Phi) is 2.73. The molecule has 2 aromatic carbocycles. The zero-order valence-corrected chi connectivity index (χ0v) is 10.2. The fraction of sp³-hybridized carbons (Fsp3) is 0.188. The number of carbonyl (C=O) groups excluding carboxylic acids is 1. The van der Waals surface area contributed by atoms with Crippen LogP contribution >= 0.6 is 0 Å². The molecular formula is C16H14O2. The molecule has 0 radical (unpaired) electrons. The van der Waals surface area contributed by atoms with Gasteiger partial charge in [0.1, 0.15) is 6.10 Å². The number of hydrogen-bond donors (Lipinski definition) is 0. The second-order valence-corrected chi connectivity index (χ2v) is 4.56. The first-order valence-electron chi connectivity index (χ1n) is 6.07. The Morgan fingerprint density at radius 1 is 1.00 bits per heavy atom. The van der Waals surface area contributed by atoms with Crippen molar-refractivity contribution in [2.45, 2.75) is 19.1 Å². The van der Waals surface area contributed by atoms with Crippen LogP contribution in [0.3, 0.4) is 0 Å². The highest BCUT2D eigenvalue weighted by Crippen LogP contribution is 2.41. The number of benzene rings is 2. The summed E-state index contributed by atoms with van der Waals surface area (Å²) in [6.07, 6.45) is -0.382. The summed E-state index contributed by atoms with van der Waals surface area (Å²) in [4.78, 5) is 12.2. The van der Waals surface area contributed by atoms with Crippen LogP contribution in [0.4, 0.5) is 0 Å². The average Bonchev–Trinajstić information content (AvgIpc) is 3.20. The van der Waals surface area contributed by atoms with Crippen LogP contribution in [-0.2, 0) is 4.74 Å². The van der Waals surface area contributed by atoms with E-state index >= 15 is 0 Å². The van der Waals surface area contributed by atoms with Crippen LogP contribution < -0.4 is 0 Å². The molecule has 1 fully saturated rings. The van der Waals surface area contributed by atoms with Crippen LogP contribution in [-0.4, -0.2) is 11.9 Å². The number of Topliss-reactive ketones (excluding diaryl/α,β-unsaturated/α-hetero) is 1. The lowest BCUT2D eigenvalue weighted by Gasteiger charge is -2.01. The average molecular weight is 238 g/mol. The number of hydrogen-bond acceptors (Lipinski definition) is 2. The second-order valence-electron chi connectivity index (χ2n) is 4.56. The molecule has 0 N–H and O–H groups in total. The van der Waals surface area contributed by atoms with Crippen molar-refractivity contribution in [1.82, 2.24) is 0 Å². The summed E-state index contributed by atoms with van der Waals surface area (Å²) >= 11 is 0. The van der Waals surface area contributed by atoms with E-state index in [0.717, 1.165) is 11.1 Å². The molecule has 0 spiro atoms. The molecule has 2 heteroatoms. The van der Waals surface area contributed by atoms with E-state index in [1.54, 1.807) is 0 Å². The highest BCUT2D eigenvalue weighted by molar-refractivity contribution is 6.01. The minimum absolute atomic E-state index is 0.0705. The molecule has 0 saturated carbocycles. The Labute approximate surface area is 106 Å². The third-order valence-corrected chi connectivity index (χ3v) is 3.30. The number of ketones is 1. The van der Waals surface area contributed by atoms with Crippen molar-refractivity contribution < 1.29 is 9.53 Å². The molecule has 2 atom stereocenters. The van der Waals surface area contributed by atoms with Gasteiger partial charge in [0.25, 0.3) is 0 Å². The van der Waals surface area contributed by atoms with E-state index in [4.69, 9.17) is 4.74 Å². The van der Waals surface area contributed by atoms with Crippen molar-refractivity contribution in [1.29, 1.82) is 0 Å². The SMILES string of the molecule is Cc1ccccc1[C@@H]1O[C@@H]1C(=O)c1ccccc1. The maximum atomic E-state index is 12.2. The third kappa shape index (κ3) is 1.95. The largest absolute Gasteiger partial charge is 0.356 e. The normalized spacial score (nSPS) is 21.6. The van der Waals surface area contributed by atoms with Gasteiger partial charge in [-0.15, -0.1) is 0 Å². The summed E-state index contributed by atoms with van der Waals surface area (Å²) < 4.78 is 5.55. The predicted molar refractivity (Wildman–Crippen MR) is 69.6 cm³/mol. The maximum absolute atomic E-state index is 12.2. The molecule has 0 aromatic heterocycles. The third-order valence-electron chi connectivity index (χ3n) is 3.30. The fourth-order valence-electron chi connectivity index (χ4n) is 2.22. The lowest BCUT2D eigenvalue weighted by Crippen LogP contribution is -2.08. The standard InChI is InChI=1S/C16H14O2/c1-11-7-5-6-10-13(11)15-16(18-15)14(17)12-8-3-2-4-9-12/h2-10,15-16H,1H3/t15-,16+/m0/s1. The summed E-state index contributed by atoms with van der Waals surface area (Å²) in [5.41, 5.74) is 3.01. The predicted octanol–water partition coefficient (Wildman–Crippen LogP) is 3.32. The molecule has 1 saturated heterocycles. The van der Waals surface area contributed by atoms with E-state index in [1.165, 1.54) is 5.56 Å². The van der Waals surface area contributed by atoms with Gasteiger partial charge in [-0.1, -0.05) is 54.6 Å². The number of rotatable bonds is 3. The van der Waals surface area contributed by atoms with Crippen molar-refractivity contribution in [2.24, 2.45) is 0 Å². The first-order valence-corrected chi connectivity index (χ1v) is 6.07. The van der Waals surface area contributed by atoms with Gasteiger partial charge >= 0.3 is 0 Å². The molecule has 3 rings (SSSR count). The zero-order valence-electron chi connectivity index (χ0n) is 10.2. The van der Waals surface area contributed by atoms with Gasteiger partial charge in [0.15, 0.2) is 11.9 Å². The first-order chi connectivity index (χ1) is 8.77. The minimum Gasteiger partial charge on any atom is -0.356 e. The van der Waals surface area contributed by atoms with Crippen molar-refractivity contribution in [2.75, 3.05) is 0 Å². The highest BCUT2D eigenvalue weighted by Gasteiger charge is 2.46. The van der Waals surface area contributed by atoms with Crippen molar-refractivity contribution in [3.05, 3.63) is 71.3 Å². The van der Waals surface area contributed by atoms with Gasteiger partial charge in [0, 0.05) is 5.56 Å². The van der Waals surface area contributed by atoms with Gasteiger partial charge in [-0.3, -0.25) is 4.79 Å². The van der Waals surface area contributed by atoms with Crippen LogP contribution in [0.2, 0.25) is 0 Å². The lowest BCUT2D eigenvalue weighted by atomic mass is 10.00. The molecular weight excluding hydrogens is 224 g/mol. The smallest absolute Gasteiger partial charge is 0.194 e. The van der Waals surface area contributed by atoms with E-state index in [0.29, 0.717) is 0 Å². The Hall–Kier alpha value is -1.93. The Morgan fingerprint density at radius 3 is 2.39 bits per heavy atom. The van der Waals surface area contributed by atoms with Crippen molar-refractivity contribution in [3.63, 3.8) is 0 Å². The van der Waals surface area contributed by atoms with Gasteiger partial charge in [-0.05, 0) is 18.1 Å². The van der Waals surface area contributed by atoms with E-state index in [1.807, 2.05) is 61.5 Å². The Bertz CT molecular complexity index is 575. The molecule has 0 aliphatic carbocycles. The highest BCUT2D eigenvalue weighted by atomic mass is 16.6. The fourth-order valence-corrected chi connectivity index (χ4v) is 2.22. The van der Waals surface area contributed by atoms with Gasteiger partial charge in [-0.2, -0.15) is 0 Å². The number of aryl methyl sites for hydroxylation is 1. The van der Waals surface area contributed by atoms with Crippen LogP contribution in [0.15, 0.2) is 54.6 Å². The van der Waals surface area contributed by atoms with Gasteiger partial charge in [-0.25, -0.2) is 0 Å². The van der Waals surface area contributed by atoms with E-state index in [2.05, 4.69) is 0 Å². The molecule has 2 aromatic rings. The van der Waals surface area contributed by atoms with Crippen molar-refractivity contribution >= 4 is 5.78 Å². The summed E-state index contributed by atoms with van der Waals surface area (Å²) in [6.45, 7) is 2.04. The zero-order chi connectivity index (χ0) is 12.5. The molecule has 0 unspecified atom stereocenters. The monoisotopic (exact) mass is 238 g/mol. The minimum atomic E-state index is -0.312. The lowest BCUT2D eigenvalue weighted by molar-refractivity contribution is 0.0953. The van der Waals surface area contributed by atoms with E-state index in [9.17, 15) is 4.79 Å². The van der Waals surface area contributed by atoms with Crippen molar-refractivity contribution in [3.8, 4) is 0 Å². The quantitative estimate of drug-likeness (QED) is 0.606. The van der Waals surface area contributed by atoms with Crippen LogP contribution in [0.5, 0.6) is 0 Å². The van der Waals surface area contributed by atoms with Crippen LogP contribution in [0, 0.1) is 6.92 Å². The molecule has 1 aliphatic rings. The molecule has 1 heterocycles. The summed E-state index contributed by atoms with van der Waals surface area (Å²) in [5.74, 6) is 0.0730. The van der Waals surface area contributed by atoms with E-state index < -0.39 is 0 Å². The molecule has 0 bridgehead atoms. The molecule has 90 valence electrons. The topological polar surface area (TPSA) is 29.6 Å². The molecule has 0 amide bonds. The Morgan fingerprint density at radius 2 is 1.67 bits per heavy atom. The number of ether oxygens (including phenoxy) is 1. The van der Waals surface area contributed by atoms with Crippen LogP contribution in [0.25, 0.3) is 0 Å². The summed E-state index contributed by atoms with van der Waals surface area (Å²) in [6, 6.07) is 17.4. The molecule has 18 heavy (non-hydrogen) atoms. The first kappa shape index (κ1) is 11.2. The van der Waals surface area contributed by atoms with Gasteiger partial charge < -0.3 is 4.74 Å². The summed E-state index contributed by atoms with van der Waals surface area (Å²) in [7, 11) is 0. The number of epoxide rings is 1. The van der Waals surface area contributed by atoms with Gasteiger partial charge in [0.2, 0.25) is 0 Å². The number of carbonyl (C=O) groups is 1. The Balaban J connectivity index is 1.79. The van der Waals surface area contributed by atoms with Gasteiger partial charge in [0.05, 0.1) is 0 Å². The molecule has 2 nitrogen and oxygen atoms in total. The van der Waals surface area contributed by atoms with E-state index in [-0.39, 0.29) is 18.0 Å². The van der Waals surface area contributed by atoms with Crippen LogP contribution in [0.1, 0.15) is 27.6 Å². The molecule has 1 aliphatic heterocycles.